The minimum atomic E-state index is -4.08. The third-order valence-electron chi connectivity index (χ3n) is 4.07. The van der Waals surface area contributed by atoms with Gasteiger partial charge in [-0.1, -0.05) is 11.3 Å². The number of ether oxygens (including phenoxy) is 2. The standard InChI is InChI=1S/C19H20N4O7S3/c1-3-30-12-4-5-13-14(8-12)32-19(23(13)9-17(26)29-2)22-16(25)11-33(27,28)10-15(24)21-18-20-6-7-31-18/h4-8H,3,9-11H2,1-2H3,(H,20,21,24). The molecule has 0 aliphatic rings. The van der Waals surface area contributed by atoms with Crippen LogP contribution in [0.2, 0.25) is 0 Å². The van der Waals surface area contributed by atoms with Crippen molar-refractivity contribution < 1.29 is 32.3 Å². The van der Waals surface area contributed by atoms with Crippen LogP contribution in [0.4, 0.5) is 5.13 Å². The highest BCUT2D eigenvalue weighted by Gasteiger charge is 2.22. The Morgan fingerprint density at radius 3 is 2.70 bits per heavy atom. The first-order valence-corrected chi connectivity index (χ1v) is 13.0. The number of nitrogens with one attached hydrogen (secondary N) is 1. The summed E-state index contributed by atoms with van der Waals surface area (Å²) in [4.78, 5) is 44.1. The van der Waals surface area contributed by atoms with E-state index in [1.54, 1.807) is 23.6 Å². The largest absolute Gasteiger partial charge is 0.494 e. The van der Waals surface area contributed by atoms with Gasteiger partial charge in [-0.05, 0) is 25.1 Å². The van der Waals surface area contributed by atoms with Crippen LogP contribution in [0.25, 0.3) is 10.2 Å². The second-order valence-electron chi connectivity index (χ2n) is 6.53. The molecule has 2 aromatic heterocycles. The van der Waals surface area contributed by atoms with Crippen molar-refractivity contribution in [1.29, 1.82) is 0 Å². The number of esters is 1. The third-order valence-corrected chi connectivity index (χ3v) is 7.19. The topological polar surface area (TPSA) is 146 Å². The number of methoxy groups -OCH3 is 1. The maximum absolute atomic E-state index is 12.4. The minimum absolute atomic E-state index is 0.122. The zero-order chi connectivity index (χ0) is 24.0. The molecule has 0 atom stereocenters. The van der Waals surface area contributed by atoms with Crippen LogP contribution in [0.1, 0.15) is 6.92 Å². The van der Waals surface area contributed by atoms with Crippen molar-refractivity contribution in [3.05, 3.63) is 34.6 Å². The van der Waals surface area contributed by atoms with Gasteiger partial charge in [-0.3, -0.25) is 14.4 Å². The molecule has 0 aliphatic carbocycles. The molecule has 3 aromatic rings. The van der Waals surface area contributed by atoms with E-state index in [0.717, 1.165) is 22.7 Å². The molecule has 0 saturated carbocycles. The fraction of sp³-hybridized carbons (Fsp3) is 0.316. The Morgan fingerprint density at radius 1 is 1.24 bits per heavy atom. The van der Waals surface area contributed by atoms with Gasteiger partial charge in [-0.2, -0.15) is 4.99 Å². The number of carbonyl (C=O) groups excluding carboxylic acids is 3. The summed E-state index contributed by atoms with van der Waals surface area (Å²) in [7, 11) is -2.85. The molecule has 0 bridgehead atoms. The molecule has 1 N–H and O–H groups in total. The Bertz CT molecular complexity index is 1340. The van der Waals surface area contributed by atoms with Crippen LogP contribution in [-0.2, 0) is 35.5 Å². The minimum Gasteiger partial charge on any atom is -0.494 e. The number of thiazole rings is 2. The van der Waals surface area contributed by atoms with Gasteiger partial charge in [0.1, 0.15) is 23.8 Å². The predicted octanol–water partition coefficient (Wildman–Crippen LogP) is 1.21. The lowest BCUT2D eigenvalue weighted by Gasteiger charge is -2.05. The maximum atomic E-state index is 12.4. The number of sulfone groups is 1. The highest BCUT2D eigenvalue weighted by molar-refractivity contribution is 7.92. The quantitative estimate of drug-likeness (QED) is 0.421. The fourth-order valence-electron chi connectivity index (χ4n) is 2.76. The number of hydrogen-bond acceptors (Lipinski definition) is 10. The summed E-state index contributed by atoms with van der Waals surface area (Å²) < 4.78 is 37.0. The molecule has 0 aliphatic heterocycles. The van der Waals surface area contributed by atoms with Crippen molar-refractivity contribution in [3.63, 3.8) is 0 Å². The highest BCUT2D eigenvalue weighted by atomic mass is 32.2. The average molecular weight is 513 g/mol. The number of fused-ring (bicyclic) bond motifs is 1. The summed E-state index contributed by atoms with van der Waals surface area (Å²) in [5.41, 5.74) is 0.603. The van der Waals surface area contributed by atoms with Gasteiger partial charge in [0.15, 0.2) is 19.8 Å². The number of aromatic nitrogens is 2. The second kappa shape index (κ2) is 10.7. The van der Waals surface area contributed by atoms with E-state index < -0.39 is 39.1 Å². The zero-order valence-electron chi connectivity index (χ0n) is 17.6. The molecular weight excluding hydrogens is 492 g/mol. The number of carbonyl (C=O) groups is 3. The molecule has 2 heterocycles. The molecule has 0 saturated heterocycles. The van der Waals surface area contributed by atoms with Gasteiger partial charge in [-0.15, -0.1) is 11.3 Å². The Kier molecular flexibility index (Phi) is 7.94. The van der Waals surface area contributed by atoms with Crippen molar-refractivity contribution in [2.45, 2.75) is 13.5 Å². The number of amides is 2. The Morgan fingerprint density at radius 2 is 2.03 bits per heavy atom. The summed E-state index contributed by atoms with van der Waals surface area (Å²) in [5.74, 6) is -3.59. The molecule has 1 aromatic carbocycles. The van der Waals surface area contributed by atoms with Crippen molar-refractivity contribution in [2.75, 3.05) is 30.5 Å². The number of anilines is 1. The summed E-state index contributed by atoms with van der Waals surface area (Å²) >= 11 is 2.23. The maximum Gasteiger partial charge on any atom is 0.325 e. The first-order valence-electron chi connectivity index (χ1n) is 9.51. The monoisotopic (exact) mass is 512 g/mol. The Labute approximate surface area is 196 Å². The molecule has 0 radical (unpaired) electrons. The van der Waals surface area contributed by atoms with Gasteiger partial charge in [0, 0.05) is 11.6 Å². The van der Waals surface area contributed by atoms with Gasteiger partial charge in [0.25, 0.3) is 5.91 Å². The number of benzene rings is 1. The molecule has 0 fully saturated rings. The number of hydrogen-bond donors (Lipinski definition) is 1. The van der Waals surface area contributed by atoms with Crippen LogP contribution in [0.5, 0.6) is 5.75 Å². The van der Waals surface area contributed by atoms with Crippen LogP contribution < -0.4 is 14.9 Å². The van der Waals surface area contributed by atoms with E-state index >= 15 is 0 Å². The van der Waals surface area contributed by atoms with Crippen molar-refractivity contribution in [2.24, 2.45) is 4.99 Å². The summed E-state index contributed by atoms with van der Waals surface area (Å²) in [6, 6.07) is 5.16. The van der Waals surface area contributed by atoms with E-state index in [2.05, 4.69) is 15.3 Å². The first kappa shape index (κ1) is 24.5. The number of rotatable bonds is 9. The summed E-state index contributed by atoms with van der Waals surface area (Å²) in [6.45, 7) is 2.08. The van der Waals surface area contributed by atoms with Crippen LogP contribution >= 0.6 is 22.7 Å². The molecule has 176 valence electrons. The van der Waals surface area contributed by atoms with E-state index in [1.807, 2.05) is 6.92 Å². The average Bonchev–Trinajstić information content (AvgIpc) is 3.35. The molecule has 0 unspecified atom stereocenters. The number of nitrogens with zero attached hydrogens (tertiary/aromatic N) is 3. The van der Waals surface area contributed by atoms with E-state index in [0.29, 0.717) is 22.6 Å². The Balaban J connectivity index is 1.85. The normalized spacial score (nSPS) is 12.0. The van der Waals surface area contributed by atoms with Crippen LogP contribution in [-0.4, -0.2) is 61.0 Å². The molecule has 2 amide bonds. The third kappa shape index (κ3) is 6.69. The molecular formula is C19H20N4O7S3. The first-order chi connectivity index (χ1) is 15.7. The summed E-state index contributed by atoms with van der Waals surface area (Å²) in [6.07, 6.45) is 1.46. The SMILES string of the molecule is CCOc1ccc2c(c1)sc(=NC(=O)CS(=O)(=O)CC(=O)Nc1nccs1)n2CC(=O)OC. The Hall–Kier alpha value is -3.10. The second-order valence-corrected chi connectivity index (χ2v) is 10.5. The van der Waals surface area contributed by atoms with Crippen molar-refractivity contribution in [1.82, 2.24) is 9.55 Å². The lowest BCUT2D eigenvalue weighted by molar-refractivity contribution is -0.141. The smallest absolute Gasteiger partial charge is 0.325 e. The van der Waals surface area contributed by atoms with Crippen LogP contribution in [0.15, 0.2) is 34.8 Å². The van der Waals surface area contributed by atoms with E-state index in [9.17, 15) is 22.8 Å². The fourth-order valence-corrected chi connectivity index (χ4v) is 5.39. The van der Waals surface area contributed by atoms with Gasteiger partial charge >= 0.3 is 5.97 Å². The van der Waals surface area contributed by atoms with Gasteiger partial charge in [0.2, 0.25) is 5.91 Å². The molecule has 33 heavy (non-hydrogen) atoms. The van der Waals surface area contributed by atoms with Crippen LogP contribution in [0, 0.1) is 0 Å². The lowest BCUT2D eigenvalue weighted by Crippen LogP contribution is -2.28. The zero-order valence-corrected chi connectivity index (χ0v) is 20.1. The van der Waals surface area contributed by atoms with Crippen molar-refractivity contribution in [3.8, 4) is 5.75 Å². The van der Waals surface area contributed by atoms with Crippen LogP contribution in [0.3, 0.4) is 0 Å². The lowest BCUT2D eigenvalue weighted by atomic mass is 10.3. The van der Waals surface area contributed by atoms with Gasteiger partial charge < -0.3 is 19.4 Å². The molecule has 11 nitrogen and oxygen atoms in total. The van der Waals surface area contributed by atoms with E-state index in [1.165, 1.54) is 17.9 Å². The molecule has 0 spiro atoms. The van der Waals surface area contributed by atoms with E-state index in [-0.39, 0.29) is 16.5 Å². The molecule has 3 rings (SSSR count). The van der Waals surface area contributed by atoms with Gasteiger partial charge in [-0.25, -0.2) is 13.4 Å². The van der Waals surface area contributed by atoms with E-state index in [4.69, 9.17) is 9.47 Å². The van der Waals surface area contributed by atoms with Gasteiger partial charge in [0.05, 0.1) is 23.9 Å². The van der Waals surface area contributed by atoms with Crippen molar-refractivity contribution >= 4 is 65.6 Å². The predicted molar refractivity (Wildman–Crippen MR) is 123 cm³/mol. The summed E-state index contributed by atoms with van der Waals surface area (Å²) in [5, 5.41) is 4.23. The highest BCUT2D eigenvalue weighted by Crippen LogP contribution is 2.23. The molecule has 14 heteroatoms.